The lowest BCUT2D eigenvalue weighted by Crippen LogP contribution is -2.38. The molecule has 1 fully saturated rings. The molecule has 0 bridgehead atoms. The van der Waals surface area contributed by atoms with Gasteiger partial charge in [0, 0.05) is 5.56 Å². The van der Waals surface area contributed by atoms with Crippen molar-refractivity contribution in [2.24, 2.45) is 0 Å². The Morgan fingerprint density at radius 1 is 1.24 bits per heavy atom. The van der Waals surface area contributed by atoms with Crippen LogP contribution in [0.5, 0.6) is 5.75 Å². The van der Waals surface area contributed by atoms with Gasteiger partial charge >= 0.3 is 12.1 Å². The van der Waals surface area contributed by atoms with Crippen LogP contribution in [0, 0.1) is 0 Å². The average molecular weight is 302 g/mol. The van der Waals surface area contributed by atoms with Gasteiger partial charge in [-0.2, -0.15) is 13.2 Å². The number of alkyl halides is 3. The molecule has 1 N–H and O–H groups in total. The van der Waals surface area contributed by atoms with Gasteiger partial charge < -0.3 is 9.84 Å². The third kappa shape index (κ3) is 2.84. The number of halogens is 3. The number of aliphatic carboxylic acids is 1. The van der Waals surface area contributed by atoms with Crippen LogP contribution in [-0.4, -0.2) is 18.2 Å². The van der Waals surface area contributed by atoms with E-state index in [0.29, 0.717) is 25.7 Å². The summed E-state index contributed by atoms with van der Waals surface area (Å²) in [4.78, 5) is 11.8. The van der Waals surface area contributed by atoms with Gasteiger partial charge in [0.15, 0.2) is 0 Å². The molecule has 2 rings (SSSR count). The van der Waals surface area contributed by atoms with E-state index >= 15 is 0 Å². The summed E-state index contributed by atoms with van der Waals surface area (Å²) in [6.45, 7) is 0. The second kappa shape index (κ2) is 5.58. The van der Waals surface area contributed by atoms with Crippen LogP contribution in [-0.2, 0) is 16.4 Å². The normalized spacial score (nSPS) is 18.3. The number of benzene rings is 1. The molecule has 1 saturated carbocycles. The lowest BCUT2D eigenvalue weighted by molar-refractivity contribution is -0.146. The van der Waals surface area contributed by atoms with Gasteiger partial charge in [0.1, 0.15) is 5.75 Å². The maximum absolute atomic E-state index is 12.9. The Morgan fingerprint density at radius 2 is 1.86 bits per heavy atom. The molecule has 1 aromatic rings. The molecule has 1 aliphatic carbocycles. The molecule has 0 aliphatic heterocycles. The van der Waals surface area contributed by atoms with Gasteiger partial charge in [-0.15, -0.1) is 0 Å². The zero-order chi connectivity index (χ0) is 15.7. The van der Waals surface area contributed by atoms with Crippen LogP contribution in [0.25, 0.3) is 0 Å². The maximum Gasteiger partial charge on any atom is 0.416 e. The largest absolute Gasteiger partial charge is 0.496 e. The predicted molar refractivity (Wildman–Crippen MR) is 70.4 cm³/mol. The molecule has 0 aromatic heterocycles. The van der Waals surface area contributed by atoms with Crippen LogP contribution in [0.15, 0.2) is 18.2 Å². The Labute approximate surface area is 120 Å². The summed E-state index contributed by atoms with van der Waals surface area (Å²) in [5, 5.41) is 9.62. The molecule has 0 atom stereocenters. The van der Waals surface area contributed by atoms with Crippen LogP contribution in [0.4, 0.5) is 13.2 Å². The van der Waals surface area contributed by atoms with Crippen LogP contribution >= 0.6 is 0 Å². The third-order valence-corrected chi connectivity index (χ3v) is 4.16. The number of methoxy groups -OCH3 is 1. The van der Waals surface area contributed by atoms with Gasteiger partial charge in [-0.3, -0.25) is 4.79 Å². The highest BCUT2D eigenvalue weighted by Crippen LogP contribution is 2.45. The standard InChI is InChI=1S/C15H17F3O3/c1-21-12-6-5-10(15(16,17)18)9-11(12)14(13(19)20)7-3-2-4-8-14/h5-6,9H,2-4,7-8H2,1H3,(H,19,20). The summed E-state index contributed by atoms with van der Waals surface area (Å²) in [6.07, 6.45) is -1.57. The van der Waals surface area contributed by atoms with E-state index in [1.807, 2.05) is 0 Å². The Balaban J connectivity index is 2.60. The Kier molecular flexibility index (Phi) is 4.16. The number of rotatable bonds is 3. The first-order valence-electron chi connectivity index (χ1n) is 6.80. The fourth-order valence-corrected chi connectivity index (χ4v) is 3.01. The second-order valence-electron chi connectivity index (χ2n) is 5.36. The molecular formula is C15H17F3O3. The zero-order valence-corrected chi connectivity index (χ0v) is 11.7. The van der Waals surface area contributed by atoms with E-state index in [1.165, 1.54) is 13.2 Å². The minimum atomic E-state index is -4.50. The molecule has 1 aromatic carbocycles. The van der Waals surface area contributed by atoms with Gasteiger partial charge in [0.2, 0.25) is 0 Å². The van der Waals surface area contributed by atoms with E-state index in [0.717, 1.165) is 18.6 Å². The van der Waals surface area contributed by atoms with Crippen molar-refractivity contribution in [3.05, 3.63) is 29.3 Å². The lowest BCUT2D eigenvalue weighted by atomic mass is 9.69. The van der Waals surface area contributed by atoms with E-state index < -0.39 is 23.1 Å². The Bertz CT molecular complexity index is 531. The van der Waals surface area contributed by atoms with Crippen molar-refractivity contribution in [3.63, 3.8) is 0 Å². The fourth-order valence-electron chi connectivity index (χ4n) is 3.01. The zero-order valence-electron chi connectivity index (χ0n) is 11.7. The summed E-state index contributed by atoms with van der Waals surface area (Å²) in [5.41, 5.74) is -2.00. The monoisotopic (exact) mass is 302 g/mol. The summed E-state index contributed by atoms with van der Waals surface area (Å²) in [5.74, 6) is -0.882. The predicted octanol–water partition coefficient (Wildman–Crippen LogP) is 4.00. The second-order valence-corrected chi connectivity index (χ2v) is 5.36. The maximum atomic E-state index is 12.9. The Hall–Kier alpha value is -1.72. The molecule has 0 unspecified atom stereocenters. The van der Waals surface area contributed by atoms with Crippen LogP contribution in [0.1, 0.15) is 43.2 Å². The van der Waals surface area contributed by atoms with Crippen molar-refractivity contribution in [1.82, 2.24) is 0 Å². The van der Waals surface area contributed by atoms with E-state index in [2.05, 4.69) is 0 Å². The van der Waals surface area contributed by atoms with Gasteiger partial charge in [-0.1, -0.05) is 19.3 Å². The highest BCUT2D eigenvalue weighted by molar-refractivity contribution is 5.82. The SMILES string of the molecule is COc1ccc(C(F)(F)F)cc1C1(C(=O)O)CCCCC1. The van der Waals surface area contributed by atoms with Crippen molar-refractivity contribution in [1.29, 1.82) is 0 Å². The molecule has 0 spiro atoms. The summed E-state index contributed by atoms with van der Waals surface area (Å²) in [7, 11) is 1.34. The summed E-state index contributed by atoms with van der Waals surface area (Å²) < 4.78 is 43.8. The van der Waals surface area contributed by atoms with Crippen molar-refractivity contribution in [2.45, 2.75) is 43.7 Å². The molecule has 0 saturated heterocycles. The van der Waals surface area contributed by atoms with Crippen molar-refractivity contribution >= 4 is 5.97 Å². The molecule has 0 amide bonds. The number of hydrogen-bond donors (Lipinski definition) is 1. The van der Waals surface area contributed by atoms with Crippen molar-refractivity contribution in [2.75, 3.05) is 7.11 Å². The molecule has 3 nitrogen and oxygen atoms in total. The van der Waals surface area contributed by atoms with Crippen LogP contribution < -0.4 is 4.74 Å². The van der Waals surface area contributed by atoms with Gasteiger partial charge in [-0.25, -0.2) is 0 Å². The molecule has 0 heterocycles. The summed E-state index contributed by atoms with van der Waals surface area (Å²) >= 11 is 0. The van der Waals surface area contributed by atoms with Gasteiger partial charge in [0.05, 0.1) is 18.1 Å². The van der Waals surface area contributed by atoms with Crippen molar-refractivity contribution < 1.29 is 27.8 Å². The van der Waals surface area contributed by atoms with Crippen LogP contribution in [0.2, 0.25) is 0 Å². The third-order valence-electron chi connectivity index (χ3n) is 4.16. The summed E-state index contributed by atoms with van der Waals surface area (Å²) in [6, 6.07) is 3.05. The number of ether oxygens (including phenoxy) is 1. The van der Waals surface area contributed by atoms with E-state index in [-0.39, 0.29) is 11.3 Å². The van der Waals surface area contributed by atoms with E-state index in [9.17, 15) is 23.1 Å². The average Bonchev–Trinajstić information content (AvgIpc) is 2.46. The molecule has 0 radical (unpaired) electrons. The smallest absolute Gasteiger partial charge is 0.416 e. The van der Waals surface area contributed by atoms with Gasteiger partial charge in [-0.05, 0) is 31.0 Å². The van der Waals surface area contributed by atoms with Crippen molar-refractivity contribution in [3.8, 4) is 5.75 Å². The Morgan fingerprint density at radius 3 is 2.33 bits per heavy atom. The minimum Gasteiger partial charge on any atom is -0.496 e. The van der Waals surface area contributed by atoms with E-state index in [1.54, 1.807) is 0 Å². The molecule has 1 aliphatic rings. The number of carbonyl (C=O) groups is 1. The topological polar surface area (TPSA) is 46.5 Å². The lowest BCUT2D eigenvalue weighted by Gasteiger charge is -2.35. The molecule has 116 valence electrons. The first-order valence-corrected chi connectivity index (χ1v) is 6.80. The van der Waals surface area contributed by atoms with Crippen LogP contribution in [0.3, 0.4) is 0 Å². The fraction of sp³-hybridized carbons (Fsp3) is 0.533. The minimum absolute atomic E-state index is 0.132. The molecule has 6 heteroatoms. The highest BCUT2D eigenvalue weighted by Gasteiger charge is 2.44. The number of carboxylic acids is 1. The number of carboxylic acid groups (broad SMARTS) is 1. The van der Waals surface area contributed by atoms with E-state index in [4.69, 9.17) is 4.74 Å². The first-order chi connectivity index (χ1) is 9.81. The highest BCUT2D eigenvalue weighted by atomic mass is 19.4. The van der Waals surface area contributed by atoms with Gasteiger partial charge in [0.25, 0.3) is 0 Å². The molecular weight excluding hydrogens is 285 g/mol. The first kappa shape index (κ1) is 15.7. The quantitative estimate of drug-likeness (QED) is 0.918. The molecule has 21 heavy (non-hydrogen) atoms. The number of hydrogen-bond acceptors (Lipinski definition) is 2.